The van der Waals surface area contributed by atoms with Crippen LogP contribution in [0.3, 0.4) is 0 Å². The molecule has 0 radical (unpaired) electrons. The van der Waals surface area contributed by atoms with Crippen molar-refractivity contribution in [3.05, 3.63) is 18.7 Å². The summed E-state index contributed by atoms with van der Waals surface area (Å²) in [5.41, 5.74) is 0. The molecule has 0 amide bonds. The Hall–Kier alpha value is -0.920. The summed E-state index contributed by atoms with van der Waals surface area (Å²) >= 11 is 0. The highest BCUT2D eigenvalue weighted by atomic mass is 32.3. The highest BCUT2D eigenvalue weighted by Gasteiger charge is 2.26. The standard InChI is InChI=1S/C9H16N2O4S/c1-4-9(15-16(12,13)14)8(2)11-6-5-10(3)7-11/h5-9H,4H2,1-3H3/p+1. The van der Waals surface area contributed by atoms with Gasteiger partial charge in [0.1, 0.15) is 24.5 Å². The van der Waals surface area contributed by atoms with Crippen LogP contribution in [0.25, 0.3) is 0 Å². The molecule has 0 aliphatic carbocycles. The van der Waals surface area contributed by atoms with Gasteiger partial charge in [-0.1, -0.05) is 6.92 Å². The van der Waals surface area contributed by atoms with Gasteiger partial charge in [0.05, 0.1) is 7.05 Å². The molecule has 16 heavy (non-hydrogen) atoms. The molecule has 7 heteroatoms. The fourth-order valence-corrected chi connectivity index (χ4v) is 2.16. The van der Waals surface area contributed by atoms with Crippen molar-refractivity contribution in [3.63, 3.8) is 0 Å². The van der Waals surface area contributed by atoms with E-state index >= 15 is 0 Å². The van der Waals surface area contributed by atoms with Crippen LogP contribution in [0.2, 0.25) is 0 Å². The van der Waals surface area contributed by atoms with Gasteiger partial charge in [-0.05, 0) is 13.3 Å². The van der Waals surface area contributed by atoms with Crippen LogP contribution >= 0.6 is 0 Å². The zero-order chi connectivity index (χ0) is 12.3. The van der Waals surface area contributed by atoms with Crippen LogP contribution in [0, 0.1) is 0 Å². The first kappa shape index (κ1) is 13.1. The van der Waals surface area contributed by atoms with E-state index in [4.69, 9.17) is 4.55 Å². The van der Waals surface area contributed by atoms with E-state index in [1.54, 1.807) is 6.92 Å². The fourth-order valence-electron chi connectivity index (χ4n) is 1.55. The second-order valence-electron chi connectivity index (χ2n) is 3.74. The second-order valence-corrected chi connectivity index (χ2v) is 4.79. The van der Waals surface area contributed by atoms with Gasteiger partial charge in [0.2, 0.25) is 6.33 Å². The maximum absolute atomic E-state index is 10.7. The van der Waals surface area contributed by atoms with Crippen molar-refractivity contribution in [2.75, 3.05) is 0 Å². The average Bonchev–Trinajstić information content (AvgIpc) is 2.58. The Bertz CT molecular complexity index is 440. The molecule has 1 aromatic heterocycles. The molecule has 0 fully saturated rings. The Kier molecular flexibility index (Phi) is 4.06. The minimum Gasteiger partial charge on any atom is -0.264 e. The third kappa shape index (κ3) is 3.58. The monoisotopic (exact) mass is 249 g/mol. The number of imidazole rings is 1. The molecule has 0 bridgehead atoms. The number of aromatic nitrogens is 2. The lowest BCUT2D eigenvalue weighted by Crippen LogP contribution is -2.29. The first-order chi connectivity index (χ1) is 7.33. The predicted molar refractivity (Wildman–Crippen MR) is 57.0 cm³/mol. The summed E-state index contributed by atoms with van der Waals surface area (Å²) in [5, 5.41) is 0. The summed E-state index contributed by atoms with van der Waals surface area (Å²) in [6.45, 7) is 3.63. The van der Waals surface area contributed by atoms with E-state index in [2.05, 4.69) is 4.18 Å². The van der Waals surface area contributed by atoms with Gasteiger partial charge in [0, 0.05) is 0 Å². The molecule has 0 aliphatic heterocycles. The molecule has 0 spiro atoms. The quantitative estimate of drug-likeness (QED) is 0.608. The number of rotatable bonds is 5. The first-order valence-corrected chi connectivity index (χ1v) is 6.38. The fraction of sp³-hybridized carbons (Fsp3) is 0.667. The molecule has 0 aromatic carbocycles. The lowest BCUT2D eigenvalue weighted by atomic mass is 10.1. The molecule has 0 saturated heterocycles. The predicted octanol–water partition coefficient (Wildman–Crippen LogP) is 0.472. The van der Waals surface area contributed by atoms with Crippen molar-refractivity contribution in [1.29, 1.82) is 0 Å². The van der Waals surface area contributed by atoms with Crippen molar-refractivity contribution in [3.8, 4) is 0 Å². The maximum atomic E-state index is 10.7. The zero-order valence-electron chi connectivity index (χ0n) is 9.57. The van der Waals surface area contributed by atoms with Crippen LogP contribution in [-0.4, -0.2) is 23.6 Å². The molecule has 2 atom stereocenters. The lowest BCUT2D eigenvalue weighted by Gasteiger charge is -2.18. The SMILES string of the molecule is CCC(OS(=O)(=O)O)C(C)n1cc[n+](C)c1. The Morgan fingerprint density at radius 1 is 1.56 bits per heavy atom. The number of nitrogens with zero attached hydrogens (tertiary/aromatic N) is 2. The molecule has 1 rings (SSSR count). The first-order valence-electron chi connectivity index (χ1n) is 5.02. The van der Waals surface area contributed by atoms with Crippen LogP contribution < -0.4 is 4.57 Å². The molecule has 1 heterocycles. The van der Waals surface area contributed by atoms with Gasteiger partial charge in [-0.2, -0.15) is 8.42 Å². The second kappa shape index (κ2) is 4.94. The van der Waals surface area contributed by atoms with Crippen LogP contribution in [0.5, 0.6) is 0 Å². The largest absolute Gasteiger partial charge is 0.397 e. The zero-order valence-corrected chi connectivity index (χ0v) is 10.4. The number of hydrogen-bond acceptors (Lipinski definition) is 3. The molecular weight excluding hydrogens is 232 g/mol. The van der Waals surface area contributed by atoms with Gasteiger partial charge in [0.25, 0.3) is 0 Å². The molecule has 6 nitrogen and oxygen atoms in total. The molecule has 0 aliphatic rings. The van der Waals surface area contributed by atoms with Crippen molar-refractivity contribution < 1.29 is 21.7 Å². The van der Waals surface area contributed by atoms with E-state index in [0.29, 0.717) is 6.42 Å². The molecule has 1 N–H and O–H groups in total. The number of hydrogen-bond donors (Lipinski definition) is 1. The van der Waals surface area contributed by atoms with E-state index < -0.39 is 16.5 Å². The van der Waals surface area contributed by atoms with Crippen molar-refractivity contribution in [2.24, 2.45) is 7.05 Å². The Morgan fingerprint density at radius 2 is 2.19 bits per heavy atom. The molecule has 92 valence electrons. The summed E-state index contributed by atoms with van der Waals surface area (Å²) in [5.74, 6) is 0. The summed E-state index contributed by atoms with van der Waals surface area (Å²) in [6, 6.07) is -0.173. The highest BCUT2D eigenvalue weighted by Crippen LogP contribution is 2.18. The minimum absolute atomic E-state index is 0.173. The molecule has 2 unspecified atom stereocenters. The Balaban J connectivity index is 2.81. The summed E-state index contributed by atoms with van der Waals surface area (Å²) in [4.78, 5) is 0. The van der Waals surface area contributed by atoms with Crippen molar-refractivity contribution >= 4 is 10.4 Å². The van der Waals surface area contributed by atoms with Crippen molar-refractivity contribution in [1.82, 2.24) is 4.57 Å². The van der Waals surface area contributed by atoms with E-state index in [0.717, 1.165) is 0 Å². The third-order valence-electron chi connectivity index (χ3n) is 2.45. The molecule has 1 aromatic rings. The third-order valence-corrected chi connectivity index (χ3v) is 2.94. The van der Waals surface area contributed by atoms with E-state index in [9.17, 15) is 8.42 Å². The summed E-state index contributed by atoms with van der Waals surface area (Å²) < 4.78 is 38.3. The molecule has 0 saturated carbocycles. The minimum atomic E-state index is -4.40. The Morgan fingerprint density at radius 3 is 2.56 bits per heavy atom. The van der Waals surface area contributed by atoms with Crippen LogP contribution in [0.1, 0.15) is 26.3 Å². The van der Waals surface area contributed by atoms with E-state index in [1.165, 1.54) is 0 Å². The lowest BCUT2D eigenvalue weighted by molar-refractivity contribution is -0.671. The topological polar surface area (TPSA) is 72.4 Å². The van der Waals surface area contributed by atoms with Crippen LogP contribution in [-0.2, 0) is 21.6 Å². The van der Waals surface area contributed by atoms with E-state index in [1.807, 2.05) is 41.8 Å². The van der Waals surface area contributed by atoms with Crippen LogP contribution in [0.4, 0.5) is 0 Å². The Labute approximate surface area is 95.4 Å². The van der Waals surface area contributed by atoms with Crippen molar-refractivity contribution in [2.45, 2.75) is 32.4 Å². The van der Waals surface area contributed by atoms with Gasteiger partial charge >= 0.3 is 10.4 Å². The van der Waals surface area contributed by atoms with Gasteiger partial charge < -0.3 is 0 Å². The van der Waals surface area contributed by atoms with E-state index in [-0.39, 0.29) is 6.04 Å². The summed E-state index contributed by atoms with van der Waals surface area (Å²) in [7, 11) is -2.53. The average molecular weight is 249 g/mol. The smallest absolute Gasteiger partial charge is 0.264 e. The van der Waals surface area contributed by atoms with Gasteiger partial charge in [-0.25, -0.2) is 13.3 Å². The van der Waals surface area contributed by atoms with Crippen LogP contribution in [0.15, 0.2) is 18.7 Å². The van der Waals surface area contributed by atoms with Gasteiger partial charge in [0.15, 0.2) is 0 Å². The number of aryl methyl sites for hydroxylation is 1. The normalized spacial score (nSPS) is 16.0. The maximum Gasteiger partial charge on any atom is 0.397 e. The van der Waals surface area contributed by atoms with Gasteiger partial charge in [-0.15, -0.1) is 0 Å². The highest BCUT2D eigenvalue weighted by molar-refractivity contribution is 7.80. The molecular formula is C9H17N2O4S+. The van der Waals surface area contributed by atoms with Gasteiger partial charge in [-0.3, -0.25) is 4.55 Å². The summed E-state index contributed by atoms with van der Waals surface area (Å²) in [6.07, 6.45) is 5.39.